The van der Waals surface area contributed by atoms with Gasteiger partial charge in [0.1, 0.15) is 0 Å². The zero-order chi connectivity index (χ0) is 10.1. The molecule has 0 amide bonds. The standard InChI is InChI=1S/C11H23NO/c1-5-6-7-10(2)11(3)12-8-9-13-4/h5,10-12H,1,6-9H2,2-4H3. The van der Waals surface area contributed by atoms with Gasteiger partial charge in [-0.15, -0.1) is 6.58 Å². The van der Waals surface area contributed by atoms with Crippen molar-refractivity contribution in [3.8, 4) is 0 Å². The third-order valence-electron chi connectivity index (χ3n) is 2.45. The summed E-state index contributed by atoms with van der Waals surface area (Å²) in [6, 6.07) is 0.565. The van der Waals surface area contributed by atoms with Gasteiger partial charge in [-0.1, -0.05) is 13.0 Å². The number of methoxy groups -OCH3 is 1. The van der Waals surface area contributed by atoms with Gasteiger partial charge in [0.05, 0.1) is 6.61 Å². The van der Waals surface area contributed by atoms with Gasteiger partial charge >= 0.3 is 0 Å². The van der Waals surface area contributed by atoms with Gasteiger partial charge in [-0.25, -0.2) is 0 Å². The second kappa shape index (κ2) is 8.27. The van der Waals surface area contributed by atoms with Gasteiger partial charge in [0, 0.05) is 19.7 Å². The molecule has 0 aromatic heterocycles. The first kappa shape index (κ1) is 12.7. The quantitative estimate of drug-likeness (QED) is 0.462. The third kappa shape index (κ3) is 6.79. The molecule has 0 spiro atoms. The largest absolute Gasteiger partial charge is 0.383 e. The molecule has 0 saturated carbocycles. The fourth-order valence-electron chi connectivity index (χ4n) is 1.22. The van der Waals surface area contributed by atoms with Crippen molar-refractivity contribution in [3.05, 3.63) is 12.7 Å². The van der Waals surface area contributed by atoms with E-state index < -0.39 is 0 Å². The monoisotopic (exact) mass is 185 g/mol. The zero-order valence-electron chi connectivity index (χ0n) is 9.18. The van der Waals surface area contributed by atoms with Crippen LogP contribution in [0.25, 0.3) is 0 Å². The molecular formula is C11H23NO. The first-order valence-corrected chi connectivity index (χ1v) is 5.05. The van der Waals surface area contributed by atoms with E-state index in [9.17, 15) is 0 Å². The first-order valence-electron chi connectivity index (χ1n) is 5.05. The molecule has 2 nitrogen and oxygen atoms in total. The number of rotatable bonds is 8. The Morgan fingerprint density at radius 2 is 2.15 bits per heavy atom. The van der Waals surface area contributed by atoms with E-state index in [2.05, 4.69) is 25.7 Å². The van der Waals surface area contributed by atoms with E-state index in [0.717, 1.165) is 19.6 Å². The molecule has 0 heterocycles. The van der Waals surface area contributed by atoms with Crippen LogP contribution >= 0.6 is 0 Å². The van der Waals surface area contributed by atoms with E-state index in [-0.39, 0.29) is 0 Å². The summed E-state index contributed by atoms with van der Waals surface area (Å²) in [5, 5.41) is 3.43. The molecule has 0 aliphatic carbocycles. The second-order valence-electron chi connectivity index (χ2n) is 3.58. The summed E-state index contributed by atoms with van der Waals surface area (Å²) in [6.07, 6.45) is 4.31. The number of nitrogens with one attached hydrogen (secondary N) is 1. The number of allylic oxidation sites excluding steroid dienone is 1. The highest BCUT2D eigenvalue weighted by atomic mass is 16.5. The lowest BCUT2D eigenvalue weighted by Gasteiger charge is -2.20. The minimum Gasteiger partial charge on any atom is -0.383 e. The van der Waals surface area contributed by atoms with E-state index in [4.69, 9.17) is 4.74 Å². The number of ether oxygens (including phenoxy) is 1. The maximum absolute atomic E-state index is 4.97. The molecule has 0 fully saturated rings. The van der Waals surface area contributed by atoms with Crippen molar-refractivity contribution in [2.75, 3.05) is 20.3 Å². The van der Waals surface area contributed by atoms with E-state index >= 15 is 0 Å². The van der Waals surface area contributed by atoms with Crippen molar-refractivity contribution in [2.24, 2.45) is 5.92 Å². The molecule has 2 atom stereocenters. The van der Waals surface area contributed by atoms with Crippen LogP contribution in [0.4, 0.5) is 0 Å². The summed E-state index contributed by atoms with van der Waals surface area (Å²) >= 11 is 0. The Bertz CT molecular complexity index is 125. The smallest absolute Gasteiger partial charge is 0.0587 e. The maximum Gasteiger partial charge on any atom is 0.0587 e. The SMILES string of the molecule is C=CCCC(C)C(C)NCCOC. The van der Waals surface area contributed by atoms with Crippen molar-refractivity contribution in [1.29, 1.82) is 0 Å². The lowest BCUT2D eigenvalue weighted by Crippen LogP contribution is -2.34. The fraction of sp³-hybridized carbons (Fsp3) is 0.818. The predicted octanol–water partition coefficient (Wildman–Crippen LogP) is 2.21. The molecule has 78 valence electrons. The lowest BCUT2D eigenvalue weighted by atomic mass is 9.98. The third-order valence-corrected chi connectivity index (χ3v) is 2.45. The average molecular weight is 185 g/mol. The Hall–Kier alpha value is -0.340. The average Bonchev–Trinajstić information content (AvgIpc) is 2.14. The molecule has 0 radical (unpaired) electrons. The summed E-state index contributed by atoms with van der Waals surface area (Å²) < 4.78 is 4.97. The number of hydrogen-bond donors (Lipinski definition) is 1. The van der Waals surface area contributed by atoms with Crippen molar-refractivity contribution in [2.45, 2.75) is 32.7 Å². The molecule has 13 heavy (non-hydrogen) atoms. The van der Waals surface area contributed by atoms with Gasteiger partial charge in [-0.3, -0.25) is 0 Å². The maximum atomic E-state index is 4.97. The molecular weight excluding hydrogens is 162 g/mol. The predicted molar refractivity (Wildman–Crippen MR) is 57.9 cm³/mol. The zero-order valence-corrected chi connectivity index (χ0v) is 9.18. The van der Waals surface area contributed by atoms with Crippen LogP contribution in [0.15, 0.2) is 12.7 Å². The van der Waals surface area contributed by atoms with Gasteiger partial charge in [0.25, 0.3) is 0 Å². The molecule has 2 unspecified atom stereocenters. The van der Waals surface area contributed by atoms with E-state index in [0.29, 0.717) is 12.0 Å². The minimum absolute atomic E-state index is 0.565. The van der Waals surface area contributed by atoms with Crippen LogP contribution in [0.2, 0.25) is 0 Å². The van der Waals surface area contributed by atoms with E-state index in [1.807, 2.05) is 6.08 Å². The van der Waals surface area contributed by atoms with Crippen molar-refractivity contribution in [3.63, 3.8) is 0 Å². The molecule has 0 aromatic carbocycles. The van der Waals surface area contributed by atoms with Crippen molar-refractivity contribution < 1.29 is 4.74 Å². The van der Waals surface area contributed by atoms with Gasteiger partial charge in [-0.2, -0.15) is 0 Å². The topological polar surface area (TPSA) is 21.3 Å². The van der Waals surface area contributed by atoms with Crippen LogP contribution in [-0.2, 0) is 4.74 Å². The van der Waals surface area contributed by atoms with Gasteiger partial charge < -0.3 is 10.1 Å². The fourth-order valence-corrected chi connectivity index (χ4v) is 1.22. The first-order chi connectivity index (χ1) is 6.22. The van der Waals surface area contributed by atoms with Crippen LogP contribution < -0.4 is 5.32 Å². The summed E-state index contributed by atoms with van der Waals surface area (Å²) in [5.41, 5.74) is 0. The molecule has 0 saturated heterocycles. The highest BCUT2D eigenvalue weighted by Gasteiger charge is 2.09. The Morgan fingerprint density at radius 1 is 1.46 bits per heavy atom. The van der Waals surface area contributed by atoms with Crippen LogP contribution in [-0.4, -0.2) is 26.3 Å². The summed E-state index contributed by atoms with van der Waals surface area (Å²) in [4.78, 5) is 0. The van der Waals surface area contributed by atoms with Crippen LogP contribution in [0.3, 0.4) is 0 Å². The van der Waals surface area contributed by atoms with Crippen LogP contribution in [0.1, 0.15) is 26.7 Å². The van der Waals surface area contributed by atoms with Gasteiger partial charge in [-0.05, 0) is 25.7 Å². The Kier molecular flexibility index (Phi) is 8.05. The highest BCUT2D eigenvalue weighted by molar-refractivity contribution is 4.73. The second-order valence-corrected chi connectivity index (χ2v) is 3.58. The molecule has 0 bridgehead atoms. The molecule has 0 aliphatic heterocycles. The van der Waals surface area contributed by atoms with Crippen LogP contribution in [0, 0.1) is 5.92 Å². The minimum atomic E-state index is 0.565. The summed E-state index contributed by atoms with van der Waals surface area (Å²) in [5.74, 6) is 0.704. The van der Waals surface area contributed by atoms with Gasteiger partial charge in [0.15, 0.2) is 0 Å². The number of hydrogen-bond acceptors (Lipinski definition) is 2. The molecule has 2 heteroatoms. The molecule has 0 rings (SSSR count). The molecule has 0 aromatic rings. The summed E-state index contributed by atoms with van der Waals surface area (Å²) in [6.45, 7) is 9.96. The van der Waals surface area contributed by atoms with Gasteiger partial charge in [0.2, 0.25) is 0 Å². The molecule has 0 aliphatic rings. The lowest BCUT2D eigenvalue weighted by molar-refractivity contribution is 0.192. The Morgan fingerprint density at radius 3 is 2.69 bits per heavy atom. The Balaban J connectivity index is 3.43. The van der Waals surface area contributed by atoms with Crippen molar-refractivity contribution in [1.82, 2.24) is 5.32 Å². The highest BCUT2D eigenvalue weighted by Crippen LogP contribution is 2.10. The normalized spacial score (nSPS) is 15.3. The Labute approximate surface area is 82.4 Å². The van der Waals surface area contributed by atoms with Crippen LogP contribution in [0.5, 0.6) is 0 Å². The van der Waals surface area contributed by atoms with Crippen molar-refractivity contribution >= 4 is 0 Å². The summed E-state index contributed by atoms with van der Waals surface area (Å²) in [7, 11) is 1.73. The van der Waals surface area contributed by atoms with E-state index in [1.165, 1.54) is 6.42 Å². The molecule has 1 N–H and O–H groups in total. The van der Waals surface area contributed by atoms with E-state index in [1.54, 1.807) is 7.11 Å².